The average Bonchev–Trinajstić information content (AvgIpc) is 2.83. The first-order valence-corrected chi connectivity index (χ1v) is 12.3. The van der Waals surface area contributed by atoms with E-state index in [0.29, 0.717) is 43.3 Å². The summed E-state index contributed by atoms with van der Waals surface area (Å²) >= 11 is 0. The lowest BCUT2D eigenvalue weighted by Gasteiger charge is -2.45. The lowest BCUT2D eigenvalue weighted by Crippen LogP contribution is -2.56. The first-order chi connectivity index (χ1) is 17.5. The van der Waals surface area contributed by atoms with E-state index in [2.05, 4.69) is 39.7 Å². The molecule has 10 heteroatoms. The van der Waals surface area contributed by atoms with Crippen LogP contribution in [0.25, 0.3) is 11.0 Å². The summed E-state index contributed by atoms with van der Waals surface area (Å²) in [6.45, 7) is 10.3. The number of aryl methyl sites for hydroxylation is 1. The molecule has 0 radical (unpaired) electrons. The normalized spacial score (nSPS) is 18.7. The smallest absolute Gasteiger partial charge is 0.416 e. The highest BCUT2D eigenvalue weighted by molar-refractivity contribution is 5.76. The summed E-state index contributed by atoms with van der Waals surface area (Å²) in [6, 6.07) is 9.74. The minimum Gasteiger partial charge on any atom is -0.482 e. The highest BCUT2D eigenvalue weighted by Crippen LogP contribution is 2.31. The van der Waals surface area contributed by atoms with Gasteiger partial charge >= 0.3 is 12.1 Å². The number of aromatic nitrogens is 2. The summed E-state index contributed by atoms with van der Waals surface area (Å²) in [6.07, 6.45) is -2.87. The number of hydrogen-bond donors (Lipinski definition) is 0. The molecule has 0 N–H and O–H groups in total. The third kappa shape index (κ3) is 6.49. The fourth-order valence-electron chi connectivity index (χ4n) is 4.74. The van der Waals surface area contributed by atoms with Crippen LogP contribution in [0, 0.1) is 6.92 Å². The maximum atomic E-state index is 13.0. The zero-order valence-electron chi connectivity index (χ0n) is 21.4. The molecule has 0 amide bonds. The molecular formula is C27H31F3N4O3. The van der Waals surface area contributed by atoms with Crippen molar-refractivity contribution in [2.45, 2.75) is 52.5 Å². The Morgan fingerprint density at radius 1 is 1.08 bits per heavy atom. The molecule has 0 spiro atoms. The van der Waals surface area contributed by atoms with Gasteiger partial charge in [0, 0.05) is 31.7 Å². The molecule has 1 aliphatic rings. The maximum Gasteiger partial charge on any atom is 0.416 e. The van der Waals surface area contributed by atoms with Crippen LogP contribution >= 0.6 is 0 Å². The summed E-state index contributed by atoms with van der Waals surface area (Å²) in [5.74, 6) is 0.874. The predicted molar refractivity (Wildman–Crippen MR) is 135 cm³/mol. The SMILES string of the molecule is CCOC(=O)COc1cc(C)cc(CN2[C@H](C)CN(c3cnc4cc(C(F)(F)F)ccc4n3)C[C@@H]2C)c1. The quantitative estimate of drug-likeness (QED) is 0.410. The third-order valence-electron chi connectivity index (χ3n) is 6.42. The molecule has 1 aliphatic heterocycles. The van der Waals surface area contributed by atoms with E-state index >= 15 is 0 Å². The van der Waals surface area contributed by atoms with Crippen molar-refractivity contribution < 1.29 is 27.4 Å². The Hall–Kier alpha value is -3.40. The second-order valence-electron chi connectivity index (χ2n) is 9.45. The highest BCUT2D eigenvalue weighted by Gasteiger charge is 2.32. The van der Waals surface area contributed by atoms with Crippen LogP contribution in [0.3, 0.4) is 0 Å². The number of carbonyl (C=O) groups excluding carboxylic acids is 1. The lowest BCUT2D eigenvalue weighted by atomic mass is 10.0. The molecule has 2 heterocycles. The maximum absolute atomic E-state index is 13.0. The average molecular weight is 517 g/mol. The van der Waals surface area contributed by atoms with E-state index in [1.54, 1.807) is 13.1 Å². The van der Waals surface area contributed by atoms with Crippen molar-refractivity contribution >= 4 is 22.8 Å². The molecular weight excluding hydrogens is 485 g/mol. The second kappa shape index (κ2) is 10.9. The monoisotopic (exact) mass is 516 g/mol. The molecule has 1 saturated heterocycles. The summed E-state index contributed by atoms with van der Waals surface area (Å²) in [5.41, 5.74) is 2.04. The van der Waals surface area contributed by atoms with Gasteiger partial charge in [-0.3, -0.25) is 9.88 Å². The number of carbonyl (C=O) groups is 1. The number of hydrogen-bond acceptors (Lipinski definition) is 7. The Balaban J connectivity index is 1.44. The van der Waals surface area contributed by atoms with Crippen molar-refractivity contribution in [1.29, 1.82) is 0 Å². The minimum absolute atomic E-state index is 0.132. The van der Waals surface area contributed by atoms with Gasteiger partial charge in [-0.05, 0) is 69.2 Å². The van der Waals surface area contributed by atoms with Crippen LogP contribution in [-0.4, -0.2) is 59.2 Å². The van der Waals surface area contributed by atoms with Gasteiger partial charge in [-0.15, -0.1) is 0 Å². The standard InChI is InChI=1S/C27H31F3N4O3/c1-5-36-26(35)16-37-22-9-17(2)8-20(10-22)15-34-18(3)13-33(14-19(34)4)25-12-31-24-11-21(27(28,29)30)6-7-23(24)32-25/h6-12,18-19H,5,13-16H2,1-4H3/t18-,19+. The molecule has 0 unspecified atom stereocenters. The van der Waals surface area contributed by atoms with Crippen molar-refractivity contribution in [3.63, 3.8) is 0 Å². The second-order valence-corrected chi connectivity index (χ2v) is 9.45. The van der Waals surface area contributed by atoms with Gasteiger partial charge in [0.1, 0.15) is 11.6 Å². The van der Waals surface area contributed by atoms with Crippen LogP contribution in [-0.2, 0) is 22.3 Å². The number of benzene rings is 2. The molecule has 0 bridgehead atoms. The zero-order valence-corrected chi connectivity index (χ0v) is 21.4. The predicted octanol–water partition coefficient (Wildman–Crippen LogP) is 5.00. The molecule has 7 nitrogen and oxygen atoms in total. The van der Waals surface area contributed by atoms with E-state index in [0.717, 1.165) is 23.3 Å². The molecule has 37 heavy (non-hydrogen) atoms. The van der Waals surface area contributed by atoms with Crippen LogP contribution in [0.2, 0.25) is 0 Å². The molecule has 2 atom stereocenters. The number of piperazine rings is 1. The molecule has 1 aromatic heterocycles. The number of rotatable bonds is 7. The minimum atomic E-state index is -4.42. The van der Waals surface area contributed by atoms with Gasteiger partial charge in [-0.2, -0.15) is 13.2 Å². The van der Waals surface area contributed by atoms with Crippen molar-refractivity contribution in [3.05, 3.63) is 59.3 Å². The molecule has 3 aromatic rings. The Morgan fingerprint density at radius 3 is 2.49 bits per heavy atom. The number of ether oxygens (including phenoxy) is 2. The Bertz CT molecular complexity index is 1260. The number of fused-ring (bicyclic) bond motifs is 1. The molecule has 0 aliphatic carbocycles. The summed E-state index contributed by atoms with van der Waals surface area (Å²) in [5, 5.41) is 0. The zero-order chi connectivity index (χ0) is 26.7. The third-order valence-corrected chi connectivity index (χ3v) is 6.42. The fraction of sp³-hybridized carbons (Fsp3) is 0.444. The van der Waals surface area contributed by atoms with Crippen LogP contribution in [0.5, 0.6) is 5.75 Å². The van der Waals surface area contributed by atoms with Gasteiger partial charge in [0.25, 0.3) is 0 Å². The topological polar surface area (TPSA) is 67.8 Å². The lowest BCUT2D eigenvalue weighted by molar-refractivity contribution is -0.145. The molecule has 4 rings (SSSR count). The largest absolute Gasteiger partial charge is 0.482 e. The van der Waals surface area contributed by atoms with Gasteiger partial charge in [-0.25, -0.2) is 9.78 Å². The number of alkyl halides is 3. The van der Waals surface area contributed by atoms with Gasteiger partial charge in [0.2, 0.25) is 0 Å². The fourth-order valence-corrected chi connectivity index (χ4v) is 4.74. The van der Waals surface area contributed by atoms with Crippen LogP contribution in [0.15, 0.2) is 42.6 Å². The number of anilines is 1. The van der Waals surface area contributed by atoms with Gasteiger partial charge in [0.05, 0.1) is 29.4 Å². The molecule has 198 valence electrons. The number of halogens is 3. The van der Waals surface area contributed by atoms with E-state index in [1.165, 1.54) is 6.07 Å². The van der Waals surface area contributed by atoms with Crippen LogP contribution in [0.1, 0.15) is 37.5 Å². The van der Waals surface area contributed by atoms with Gasteiger partial charge in [-0.1, -0.05) is 6.07 Å². The van der Waals surface area contributed by atoms with Crippen molar-refractivity contribution in [2.24, 2.45) is 0 Å². The Morgan fingerprint density at radius 2 is 1.81 bits per heavy atom. The van der Waals surface area contributed by atoms with Crippen molar-refractivity contribution in [2.75, 3.05) is 31.2 Å². The first kappa shape index (κ1) is 26.7. The highest BCUT2D eigenvalue weighted by atomic mass is 19.4. The van der Waals surface area contributed by atoms with Crippen LogP contribution < -0.4 is 9.64 Å². The van der Waals surface area contributed by atoms with E-state index in [1.807, 2.05) is 19.1 Å². The van der Waals surface area contributed by atoms with Crippen molar-refractivity contribution in [1.82, 2.24) is 14.9 Å². The summed E-state index contributed by atoms with van der Waals surface area (Å²) in [4.78, 5) is 25.0. The first-order valence-electron chi connectivity index (χ1n) is 12.3. The van der Waals surface area contributed by atoms with Gasteiger partial charge in [0.15, 0.2) is 6.61 Å². The summed E-state index contributed by atoms with van der Waals surface area (Å²) < 4.78 is 49.6. The number of esters is 1. The Kier molecular flexibility index (Phi) is 7.87. The van der Waals surface area contributed by atoms with E-state index < -0.39 is 17.7 Å². The van der Waals surface area contributed by atoms with Gasteiger partial charge < -0.3 is 14.4 Å². The van der Waals surface area contributed by atoms with E-state index in [4.69, 9.17) is 9.47 Å². The molecule has 2 aromatic carbocycles. The molecule has 1 fully saturated rings. The number of nitrogens with zero attached hydrogens (tertiary/aromatic N) is 4. The van der Waals surface area contributed by atoms with E-state index in [-0.39, 0.29) is 24.2 Å². The summed E-state index contributed by atoms with van der Waals surface area (Å²) in [7, 11) is 0. The van der Waals surface area contributed by atoms with Crippen LogP contribution in [0.4, 0.5) is 19.0 Å². The van der Waals surface area contributed by atoms with Crippen molar-refractivity contribution in [3.8, 4) is 5.75 Å². The Labute approximate surface area is 214 Å². The van der Waals surface area contributed by atoms with E-state index in [9.17, 15) is 18.0 Å². The molecule has 0 saturated carbocycles.